The first-order valence-electron chi connectivity index (χ1n) is 8.42. The van der Waals surface area contributed by atoms with Crippen LogP contribution in [0.25, 0.3) is 22.2 Å². The predicted octanol–water partition coefficient (Wildman–Crippen LogP) is 4.88. The zero-order valence-electron chi connectivity index (χ0n) is 14.3. The summed E-state index contributed by atoms with van der Waals surface area (Å²) in [6, 6.07) is 19.4. The summed E-state index contributed by atoms with van der Waals surface area (Å²) in [5.41, 5.74) is 5.47. The van der Waals surface area contributed by atoms with Crippen LogP contribution in [0, 0.1) is 0 Å². The average molecular weight is 422 g/mol. The van der Waals surface area contributed by atoms with Gasteiger partial charge < -0.3 is 9.40 Å². The van der Waals surface area contributed by atoms with E-state index in [9.17, 15) is 4.79 Å². The molecule has 1 amide bonds. The fraction of sp³-hybridized carbons (Fsp3) is 0.0476. The first kappa shape index (κ1) is 17.3. The first-order valence-corrected chi connectivity index (χ1v) is 9.21. The topological polar surface area (TPSA) is 70.4 Å². The van der Waals surface area contributed by atoms with Crippen LogP contribution in [0.15, 0.2) is 80.9 Å². The fourth-order valence-corrected chi connectivity index (χ4v) is 3.11. The lowest BCUT2D eigenvalue weighted by Crippen LogP contribution is -2.19. The second-order valence-corrected chi connectivity index (χ2v) is 6.95. The van der Waals surface area contributed by atoms with Crippen molar-refractivity contribution in [3.8, 4) is 11.3 Å². The quantitative estimate of drug-likeness (QED) is 0.355. The van der Waals surface area contributed by atoms with Crippen molar-refractivity contribution in [3.63, 3.8) is 0 Å². The maximum absolute atomic E-state index is 12.1. The number of carbonyl (C=O) groups is 1. The van der Waals surface area contributed by atoms with Crippen molar-refractivity contribution in [1.29, 1.82) is 0 Å². The van der Waals surface area contributed by atoms with Gasteiger partial charge in [-0.15, -0.1) is 0 Å². The zero-order chi connectivity index (χ0) is 18.6. The molecule has 5 nitrogen and oxygen atoms in total. The molecular formula is C21H16BrN3O2. The lowest BCUT2D eigenvalue weighted by molar-refractivity contribution is -0.120. The number of hydrogen-bond donors (Lipinski definition) is 2. The summed E-state index contributed by atoms with van der Waals surface area (Å²) in [4.78, 5) is 15.3. The molecule has 0 unspecified atom stereocenters. The minimum atomic E-state index is -0.185. The van der Waals surface area contributed by atoms with Crippen molar-refractivity contribution < 1.29 is 9.21 Å². The minimum absolute atomic E-state index is 0.185. The molecule has 0 spiro atoms. The van der Waals surface area contributed by atoms with Crippen LogP contribution in [-0.2, 0) is 11.2 Å². The number of H-pyrrole nitrogens is 1. The average Bonchev–Trinajstić information content (AvgIpc) is 3.30. The zero-order valence-corrected chi connectivity index (χ0v) is 15.9. The molecule has 0 bridgehead atoms. The number of aromatic nitrogens is 1. The molecular weight excluding hydrogens is 406 g/mol. The molecule has 2 aromatic carbocycles. The van der Waals surface area contributed by atoms with E-state index in [2.05, 4.69) is 31.4 Å². The molecule has 0 atom stereocenters. The lowest BCUT2D eigenvalue weighted by Gasteiger charge is -1.99. The summed E-state index contributed by atoms with van der Waals surface area (Å²) in [7, 11) is 0. The smallest absolute Gasteiger partial charge is 0.244 e. The van der Waals surface area contributed by atoms with Gasteiger partial charge in [0.25, 0.3) is 0 Å². The normalized spacial score (nSPS) is 11.3. The van der Waals surface area contributed by atoms with Gasteiger partial charge in [0.2, 0.25) is 5.91 Å². The van der Waals surface area contributed by atoms with Crippen molar-refractivity contribution in [3.05, 3.63) is 82.7 Å². The molecule has 0 saturated heterocycles. The number of halogens is 1. The third-order valence-electron chi connectivity index (χ3n) is 4.16. The number of aromatic amines is 1. The van der Waals surface area contributed by atoms with Crippen LogP contribution >= 0.6 is 15.9 Å². The van der Waals surface area contributed by atoms with Gasteiger partial charge in [0.05, 0.1) is 12.6 Å². The van der Waals surface area contributed by atoms with Crippen molar-refractivity contribution in [1.82, 2.24) is 10.4 Å². The van der Waals surface area contributed by atoms with Gasteiger partial charge in [0.15, 0.2) is 0 Å². The van der Waals surface area contributed by atoms with Crippen molar-refractivity contribution in [2.45, 2.75) is 6.42 Å². The van der Waals surface area contributed by atoms with Gasteiger partial charge in [-0.1, -0.05) is 46.3 Å². The number of hydrogen-bond acceptors (Lipinski definition) is 3. The maximum Gasteiger partial charge on any atom is 0.244 e. The number of furan rings is 1. The molecule has 4 rings (SSSR count). The van der Waals surface area contributed by atoms with E-state index in [-0.39, 0.29) is 12.3 Å². The van der Waals surface area contributed by atoms with Crippen LogP contribution < -0.4 is 5.43 Å². The highest BCUT2D eigenvalue weighted by atomic mass is 79.9. The molecule has 4 aromatic rings. The maximum atomic E-state index is 12.1. The molecule has 0 fully saturated rings. The molecule has 2 N–H and O–H groups in total. The van der Waals surface area contributed by atoms with Crippen LogP contribution in [-0.4, -0.2) is 17.1 Å². The molecule has 0 aliphatic carbocycles. The Bertz CT molecular complexity index is 1110. The van der Waals surface area contributed by atoms with E-state index in [1.807, 2.05) is 66.9 Å². The van der Waals surface area contributed by atoms with Gasteiger partial charge in [-0.2, -0.15) is 5.10 Å². The van der Waals surface area contributed by atoms with Crippen LogP contribution in [0.1, 0.15) is 11.3 Å². The number of rotatable bonds is 5. The Hall–Kier alpha value is -3.12. The van der Waals surface area contributed by atoms with Gasteiger partial charge in [0, 0.05) is 27.1 Å². The van der Waals surface area contributed by atoms with Crippen molar-refractivity contribution in [2.75, 3.05) is 0 Å². The van der Waals surface area contributed by atoms with Crippen LogP contribution in [0.5, 0.6) is 0 Å². The summed E-state index contributed by atoms with van der Waals surface area (Å²) >= 11 is 3.41. The Morgan fingerprint density at radius 3 is 2.78 bits per heavy atom. The van der Waals surface area contributed by atoms with E-state index in [1.54, 1.807) is 0 Å². The molecule has 2 aromatic heterocycles. The lowest BCUT2D eigenvalue weighted by atomic mass is 10.1. The first-order chi connectivity index (χ1) is 13.2. The van der Waals surface area contributed by atoms with E-state index in [1.165, 1.54) is 6.21 Å². The summed E-state index contributed by atoms with van der Waals surface area (Å²) in [5.74, 6) is 1.13. The molecule has 2 heterocycles. The van der Waals surface area contributed by atoms with E-state index < -0.39 is 0 Å². The van der Waals surface area contributed by atoms with Gasteiger partial charge in [-0.25, -0.2) is 5.43 Å². The molecule has 134 valence electrons. The Morgan fingerprint density at radius 2 is 1.93 bits per heavy atom. The van der Waals surface area contributed by atoms with Crippen LogP contribution in [0.3, 0.4) is 0 Å². The number of nitrogens with one attached hydrogen (secondary N) is 2. The fourth-order valence-electron chi connectivity index (χ4n) is 2.85. The highest BCUT2D eigenvalue weighted by molar-refractivity contribution is 9.10. The number of benzene rings is 2. The number of para-hydroxylation sites is 1. The second kappa shape index (κ2) is 7.63. The van der Waals surface area contributed by atoms with E-state index in [0.717, 1.165) is 32.3 Å². The molecule has 0 aliphatic rings. The van der Waals surface area contributed by atoms with Gasteiger partial charge in [-0.3, -0.25) is 4.79 Å². The van der Waals surface area contributed by atoms with E-state index >= 15 is 0 Å². The van der Waals surface area contributed by atoms with Crippen molar-refractivity contribution in [2.24, 2.45) is 5.10 Å². The Labute approximate surface area is 164 Å². The van der Waals surface area contributed by atoms with E-state index in [4.69, 9.17) is 4.42 Å². The van der Waals surface area contributed by atoms with Crippen LogP contribution in [0.4, 0.5) is 0 Å². The largest absolute Gasteiger partial charge is 0.455 e. The molecule has 6 heteroatoms. The number of fused-ring (bicyclic) bond motifs is 1. The minimum Gasteiger partial charge on any atom is -0.455 e. The second-order valence-electron chi connectivity index (χ2n) is 6.04. The molecule has 0 aliphatic heterocycles. The number of amides is 1. The van der Waals surface area contributed by atoms with E-state index in [0.29, 0.717) is 5.76 Å². The number of carbonyl (C=O) groups excluding carboxylic acids is 1. The Kier molecular flexibility index (Phi) is 4.89. The number of nitrogens with zero attached hydrogens (tertiary/aromatic N) is 1. The third kappa shape index (κ3) is 4.01. The van der Waals surface area contributed by atoms with Gasteiger partial charge in [0.1, 0.15) is 11.5 Å². The number of hydrazone groups is 1. The molecule has 0 radical (unpaired) electrons. The predicted molar refractivity (Wildman–Crippen MR) is 110 cm³/mol. The third-order valence-corrected chi connectivity index (χ3v) is 4.69. The monoisotopic (exact) mass is 421 g/mol. The highest BCUT2D eigenvalue weighted by Crippen LogP contribution is 2.23. The van der Waals surface area contributed by atoms with Crippen LogP contribution in [0.2, 0.25) is 0 Å². The molecule has 0 saturated carbocycles. The highest BCUT2D eigenvalue weighted by Gasteiger charge is 2.08. The Balaban J connectivity index is 1.37. The summed E-state index contributed by atoms with van der Waals surface area (Å²) < 4.78 is 6.75. The summed E-state index contributed by atoms with van der Waals surface area (Å²) in [6.45, 7) is 0. The Morgan fingerprint density at radius 1 is 1.11 bits per heavy atom. The van der Waals surface area contributed by atoms with Gasteiger partial charge >= 0.3 is 0 Å². The van der Waals surface area contributed by atoms with Gasteiger partial charge in [-0.05, 0) is 35.9 Å². The standard InChI is InChI=1S/C21H16BrN3O2/c22-16-7-5-14(6-8-16)20-10-9-17(27-20)13-24-25-21(26)11-15-12-23-19-4-2-1-3-18(15)19/h1-10,12-13,23H,11H2,(H,25,26)/b24-13-. The SMILES string of the molecule is O=C(Cc1c[nH]c2ccccc12)N/N=C\c1ccc(-c2ccc(Br)cc2)o1. The summed E-state index contributed by atoms with van der Waals surface area (Å²) in [5, 5.41) is 5.03. The van der Waals surface area contributed by atoms with Crippen molar-refractivity contribution >= 4 is 39.0 Å². The molecule has 27 heavy (non-hydrogen) atoms. The summed E-state index contributed by atoms with van der Waals surface area (Å²) in [6.07, 6.45) is 3.60.